The number of rotatable bonds is 22. The first-order valence-corrected chi connectivity index (χ1v) is 12.5. The molecule has 0 aromatic heterocycles. The van der Waals surface area contributed by atoms with Gasteiger partial charge in [0.1, 0.15) is 0 Å². The monoisotopic (exact) mass is 419 g/mol. The summed E-state index contributed by atoms with van der Waals surface area (Å²) in [5.74, 6) is 0. The molecule has 0 saturated heterocycles. The third-order valence-corrected chi connectivity index (χ3v) is 5.70. The Kier molecular flexibility index (Phi) is 25.5. The van der Waals surface area contributed by atoms with Crippen molar-refractivity contribution in [1.29, 1.82) is 0 Å². The van der Waals surface area contributed by atoms with Crippen LogP contribution in [0.4, 0.5) is 0 Å². The van der Waals surface area contributed by atoms with Crippen molar-refractivity contribution in [3.05, 3.63) is 0 Å². The molecule has 0 aliphatic rings. The van der Waals surface area contributed by atoms with Gasteiger partial charge in [-0.05, 0) is 19.3 Å². The Balaban J connectivity index is 0. The molecule has 0 unspecified atom stereocenters. The molecule has 0 fully saturated rings. The molecule has 0 radical (unpaired) electrons. The molecule has 3 heteroatoms. The van der Waals surface area contributed by atoms with Crippen LogP contribution >= 0.6 is 0 Å². The minimum atomic E-state index is 0. The van der Waals surface area contributed by atoms with Crippen LogP contribution in [-0.2, 0) is 4.74 Å². The molecule has 0 spiro atoms. The lowest BCUT2D eigenvalue weighted by molar-refractivity contribution is -0.909. The van der Waals surface area contributed by atoms with Crippen LogP contribution in [0.5, 0.6) is 0 Å². The molecule has 0 amide bonds. The molecule has 0 saturated carbocycles. The molecule has 0 aliphatic carbocycles. The number of hydrogen-bond acceptors (Lipinski definition) is 1. The summed E-state index contributed by atoms with van der Waals surface area (Å²) in [6.07, 6.45) is 25.2. The number of quaternary nitrogens is 1. The first kappa shape index (κ1) is 30.4. The van der Waals surface area contributed by atoms with E-state index in [1.54, 1.807) is 0 Å². The Morgan fingerprint density at radius 1 is 0.500 bits per heavy atom. The third kappa shape index (κ3) is 24.2. The number of nitrogens with zero attached hydrogens (tertiary/aromatic N) is 1. The maximum atomic E-state index is 5.97. The molecule has 0 heterocycles. The van der Waals surface area contributed by atoms with E-state index in [0.717, 1.165) is 17.8 Å². The minimum absolute atomic E-state index is 0. The van der Waals surface area contributed by atoms with Crippen LogP contribution in [0.2, 0.25) is 0 Å². The first-order chi connectivity index (χ1) is 13.1. The molecule has 0 rings (SSSR count). The largest absolute Gasteiger partial charge is 1.00 e. The second kappa shape index (κ2) is 23.5. The van der Waals surface area contributed by atoms with Gasteiger partial charge >= 0.3 is 0 Å². The summed E-state index contributed by atoms with van der Waals surface area (Å²) in [4.78, 5) is 0. The molecular weight excluding hydrogens is 366 g/mol. The van der Waals surface area contributed by atoms with Crippen molar-refractivity contribution < 1.29 is 21.6 Å². The molecular formula is C25H54ClNO. The second-order valence-electron chi connectivity index (χ2n) is 9.35. The van der Waals surface area contributed by atoms with Crippen molar-refractivity contribution in [3.8, 4) is 0 Å². The first-order valence-electron chi connectivity index (χ1n) is 12.5. The van der Waals surface area contributed by atoms with Crippen LogP contribution in [0.25, 0.3) is 0 Å². The molecule has 0 N–H and O–H groups in total. The van der Waals surface area contributed by atoms with Gasteiger partial charge in [0.25, 0.3) is 0 Å². The van der Waals surface area contributed by atoms with E-state index in [1.807, 2.05) is 0 Å². The van der Waals surface area contributed by atoms with Crippen molar-refractivity contribution in [3.63, 3.8) is 0 Å². The van der Waals surface area contributed by atoms with E-state index in [9.17, 15) is 0 Å². The highest BCUT2D eigenvalue weighted by molar-refractivity contribution is 4.48. The maximum Gasteiger partial charge on any atom is 0.182 e. The van der Waals surface area contributed by atoms with Gasteiger partial charge in [0.2, 0.25) is 0 Å². The van der Waals surface area contributed by atoms with Crippen molar-refractivity contribution in [2.45, 2.75) is 129 Å². The molecule has 172 valence electrons. The zero-order valence-electron chi connectivity index (χ0n) is 20.1. The summed E-state index contributed by atoms with van der Waals surface area (Å²) in [5, 5.41) is 0. The molecule has 2 nitrogen and oxygen atoms in total. The molecule has 28 heavy (non-hydrogen) atoms. The Labute approximate surface area is 185 Å². The van der Waals surface area contributed by atoms with E-state index in [1.165, 1.54) is 122 Å². The van der Waals surface area contributed by atoms with E-state index in [4.69, 9.17) is 4.74 Å². The van der Waals surface area contributed by atoms with Crippen LogP contribution in [0.1, 0.15) is 129 Å². The fourth-order valence-electron chi connectivity index (χ4n) is 3.74. The van der Waals surface area contributed by atoms with Gasteiger partial charge < -0.3 is 21.6 Å². The topological polar surface area (TPSA) is 9.23 Å². The van der Waals surface area contributed by atoms with Crippen LogP contribution in [-0.4, -0.2) is 38.5 Å². The van der Waals surface area contributed by atoms with Gasteiger partial charge in [-0.25, -0.2) is 0 Å². The highest BCUT2D eigenvalue weighted by Crippen LogP contribution is 2.12. The van der Waals surface area contributed by atoms with Crippen LogP contribution in [0.3, 0.4) is 0 Å². The Hall–Kier alpha value is 0.210. The van der Waals surface area contributed by atoms with E-state index >= 15 is 0 Å². The van der Waals surface area contributed by atoms with E-state index in [0.29, 0.717) is 0 Å². The van der Waals surface area contributed by atoms with Crippen LogP contribution in [0, 0.1) is 0 Å². The van der Waals surface area contributed by atoms with Gasteiger partial charge in [-0.15, -0.1) is 0 Å². The highest BCUT2D eigenvalue weighted by Gasteiger charge is 2.14. The van der Waals surface area contributed by atoms with Gasteiger partial charge in [-0.3, -0.25) is 0 Å². The average Bonchev–Trinajstić information content (AvgIpc) is 2.64. The fraction of sp³-hybridized carbons (Fsp3) is 1.00. The van der Waals surface area contributed by atoms with Crippen molar-refractivity contribution in [2.24, 2.45) is 0 Å². The Morgan fingerprint density at radius 2 is 0.857 bits per heavy atom. The zero-order chi connectivity index (χ0) is 20.1. The second-order valence-corrected chi connectivity index (χ2v) is 9.35. The third-order valence-electron chi connectivity index (χ3n) is 5.70. The quantitative estimate of drug-likeness (QED) is 0.135. The predicted octanol–water partition coefficient (Wildman–Crippen LogP) is 5.10. The minimum Gasteiger partial charge on any atom is -1.00 e. The highest BCUT2D eigenvalue weighted by atomic mass is 35.5. The lowest BCUT2D eigenvalue weighted by atomic mass is 10.1. The van der Waals surface area contributed by atoms with E-state index in [2.05, 4.69) is 27.9 Å². The van der Waals surface area contributed by atoms with Gasteiger partial charge in [0.05, 0.1) is 27.2 Å². The van der Waals surface area contributed by atoms with Gasteiger partial charge in [-0.1, -0.05) is 110 Å². The summed E-state index contributed by atoms with van der Waals surface area (Å²) >= 11 is 0. The maximum absolute atomic E-state index is 5.97. The lowest BCUT2D eigenvalue weighted by Gasteiger charge is -2.29. The number of ether oxygens (including phenoxy) is 1. The number of hydrogen-bond donors (Lipinski definition) is 0. The lowest BCUT2D eigenvalue weighted by Crippen LogP contribution is -3.00. The Morgan fingerprint density at radius 3 is 1.29 bits per heavy atom. The van der Waals surface area contributed by atoms with Crippen molar-refractivity contribution in [1.82, 2.24) is 0 Å². The van der Waals surface area contributed by atoms with Crippen molar-refractivity contribution >= 4 is 0 Å². The summed E-state index contributed by atoms with van der Waals surface area (Å²) in [7, 11) is 4.64. The van der Waals surface area contributed by atoms with Crippen LogP contribution < -0.4 is 12.4 Å². The average molecular weight is 420 g/mol. The SMILES string of the molecule is CCCCCCCCCCCCOC[N+](C)(C)CCCCCCCCCC.[Cl-]. The van der Waals surface area contributed by atoms with E-state index in [-0.39, 0.29) is 12.4 Å². The van der Waals surface area contributed by atoms with E-state index < -0.39 is 0 Å². The fourth-order valence-corrected chi connectivity index (χ4v) is 3.74. The molecule has 0 aliphatic heterocycles. The summed E-state index contributed by atoms with van der Waals surface area (Å²) in [6.45, 7) is 7.67. The predicted molar refractivity (Wildman–Crippen MR) is 122 cm³/mol. The Bertz CT molecular complexity index is 284. The normalized spacial score (nSPS) is 11.6. The van der Waals surface area contributed by atoms with Crippen LogP contribution in [0.15, 0.2) is 0 Å². The van der Waals surface area contributed by atoms with Crippen molar-refractivity contribution in [2.75, 3.05) is 34.0 Å². The standard InChI is InChI=1S/C25H54NO.ClH/c1-5-7-9-11-13-15-16-18-20-22-24-27-25-26(3,4)23-21-19-17-14-12-10-8-6-2;/h5-25H2,1-4H3;1H/q+1;/p-1. The van der Waals surface area contributed by atoms with Gasteiger partial charge in [0.15, 0.2) is 6.73 Å². The van der Waals surface area contributed by atoms with Gasteiger partial charge in [-0.2, -0.15) is 0 Å². The van der Waals surface area contributed by atoms with Gasteiger partial charge in [0, 0.05) is 0 Å². The number of halogens is 1. The molecule has 0 atom stereocenters. The summed E-state index contributed by atoms with van der Waals surface area (Å²) in [5.41, 5.74) is 0. The summed E-state index contributed by atoms with van der Waals surface area (Å²) in [6, 6.07) is 0. The molecule has 0 aromatic carbocycles. The smallest absolute Gasteiger partial charge is 0.182 e. The summed E-state index contributed by atoms with van der Waals surface area (Å²) < 4.78 is 6.99. The number of unbranched alkanes of at least 4 members (excludes halogenated alkanes) is 16. The molecule has 0 aromatic rings. The zero-order valence-corrected chi connectivity index (χ0v) is 20.8. The molecule has 0 bridgehead atoms.